The van der Waals surface area contributed by atoms with E-state index >= 15 is 0 Å². The van der Waals surface area contributed by atoms with Crippen molar-refractivity contribution in [2.75, 3.05) is 6.61 Å². The molecule has 2 aromatic rings. The third kappa shape index (κ3) is 3.07. The van der Waals surface area contributed by atoms with E-state index in [0.29, 0.717) is 12.2 Å². The minimum absolute atomic E-state index is 0.291. The van der Waals surface area contributed by atoms with Crippen LogP contribution in [0.5, 0.6) is 5.75 Å². The molecule has 19 heavy (non-hydrogen) atoms. The predicted molar refractivity (Wildman–Crippen MR) is 79.0 cm³/mol. The van der Waals surface area contributed by atoms with Crippen LogP contribution in [0.4, 0.5) is 0 Å². The Morgan fingerprint density at radius 1 is 1.32 bits per heavy atom. The van der Waals surface area contributed by atoms with E-state index < -0.39 is 5.97 Å². The molecule has 0 aromatic heterocycles. The summed E-state index contributed by atoms with van der Waals surface area (Å²) in [6, 6.07) is 8.82. The van der Waals surface area contributed by atoms with Crippen LogP contribution < -0.4 is 4.74 Å². The van der Waals surface area contributed by atoms with E-state index in [1.54, 1.807) is 18.2 Å². The highest BCUT2D eigenvalue weighted by Gasteiger charge is 2.09. The molecule has 2 rings (SSSR count). The van der Waals surface area contributed by atoms with Gasteiger partial charge in [-0.05, 0) is 51.3 Å². The Labute approximate surface area is 120 Å². The molecule has 3 nitrogen and oxygen atoms in total. The highest BCUT2D eigenvalue weighted by Crippen LogP contribution is 2.33. The maximum Gasteiger partial charge on any atom is 0.335 e. The van der Waals surface area contributed by atoms with Crippen molar-refractivity contribution >= 4 is 32.7 Å². The van der Waals surface area contributed by atoms with Gasteiger partial charge >= 0.3 is 5.97 Å². The van der Waals surface area contributed by atoms with Gasteiger partial charge in [0.2, 0.25) is 0 Å². The molecule has 0 amide bonds. The predicted octanol–water partition coefficient (Wildman–Crippen LogP) is 4.48. The molecule has 0 unspecified atom stereocenters. The number of halogens is 1. The average Bonchev–Trinajstić information content (AvgIpc) is 2.41. The molecule has 4 heteroatoms. The van der Waals surface area contributed by atoms with Crippen molar-refractivity contribution in [3.05, 3.63) is 40.4 Å². The van der Waals surface area contributed by atoms with E-state index in [1.807, 2.05) is 12.1 Å². The lowest BCUT2D eigenvalue weighted by molar-refractivity contribution is 0.0697. The number of carbonyl (C=O) groups is 1. The van der Waals surface area contributed by atoms with E-state index in [2.05, 4.69) is 22.9 Å². The first-order valence-corrected chi connectivity index (χ1v) is 7.01. The molecule has 0 saturated heterocycles. The minimum Gasteiger partial charge on any atom is -0.492 e. The summed E-state index contributed by atoms with van der Waals surface area (Å²) in [5, 5.41) is 10.8. The number of ether oxygens (including phenoxy) is 1. The summed E-state index contributed by atoms with van der Waals surface area (Å²) in [5.74, 6) is -0.120. The van der Waals surface area contributed by atoms with Crippen LogP contribution >= 0.6 is 15.9 Å². The van der Waals surface area contributed by atoms with Crippen molar-refractivity contribution in [2.45, 2.75) is 19.8 Å². The number of rotatable bonds is 5. The second-order valence-electron chi connectivity index (χ2n) is 4.32. The number of fused-ring (bicyclic) bond motifs is 1. The molecule has 0 spiro atoms. The van der Waals surface area contributed by atoms with Crippen LogP contribution in [0.15, 0.2) is 34.8 Å². The van der Waals surface area contributed by atoms with E-state index in [-0.39, 0.29) is 0 Å². The zero-order valence-electron chi connectivity index (χ0n) is 10.6. The Hall–Kier alpha value is -1.55. The van der Waals surface area contributed by atoms with Gasteiger partial charge in [0, 0.05) is 0 Å². The van der Waals surface area contributed by atoms with Gasteiger partial charge in [-0.25, -0.2) is 4.79 Å². The Kier molecular flexibility index (Phi) is 4.43. The maximum absolute atomic E-state index is 10.9. The lowest BCUT2D eigenvalue weighted by atomic mass is 10.1. The van der Waals surface area contributed by atoms with Gasteiger partial charge in [0.15, 0.2) is 0 Å². The summed E-state index contributed by atoms with van der Waals surface area (Å²) < 4.78 is 6.57. The maximum atomic E-state index is 10.9. The van der Waals surface area contributed by atoms with E-state index in [4.69, 9.17) is 9.84 Å². The van der Waals surface area contributed by atoms with Crippen LogP contribution in [0.3, 0.4) is 0 Å². The van der Waals surface area contributed by atoms with Gasteiger partial charge in [-0.15, -0.1) is 0 Å². The largest absolute Gasteiger partial charge is 0.492 e. The second kappa shape index (κ2) is 6.06. The topological polar surface area (TPSA) is 46.5 Å². The molecule has 0 bridgehead atoms. The van der Waals surface area contributed by atoms with Crippen molar-refractivity contribution in [2.24, 2.45) is 0 Å². The molecule has 0 radical (unpaired) electrons. The highest BCUT2D eigenvalue weighted by molar-refractivity contribution is 9.10. The second-order valence-corrected chi connectivity index (χ2v) is 5.11. The lowest BCUT2D eigenvalue weighted by Crippen LogP contribution is -1.98. The molecule has 0 aliphatic carbocycles. The van der Waals surface area contributed by atoms with Gasteiger partial charge in [-0.1, -0.05) is 25.5 Å². The number of hydrogen-bond donors (Lipinski definition) is 1. The molecule has 0 heterocycles. The highest BCUT2D eigenvalue weighted by atomic mass is 79.9. The normalized spacial score (nSPS) is 10.6. The molecular formula is C15H15BrO3. The molecule has 0 aliphatic heterocycles. The molecule has 0 saturated carbocycles. The third-order valence-corrected chi connectivity index (χ3v) is 3.74. The summed E-state index contributed by atoms with van der Waals surface area (Å²) in [6.45, 7) is 2.81. The fraction of sp³-hybridized carbons (Fsp3) is 0.267. The van der Waals surface area contributed by atoms with Crippen LogP contribution in [0.1, 0.15) is 30.1 Å². The fourth-order valence-electron chi connectivity index (χ4n) is 1.84. The summed E-state index contributed by atoms with van der Waals surface area (Å²) in [5.41, 5.74) is 0.291. The van der Waals surface area contributed by atoms with Crippen molar-refractivity contribution in [3.8, 4) is 5.75 Å². The summed E-state index contributed by atoms with van der Waals surface area (Å²) >= 11 is 3.52. The molecule has 0 fully saturated rings. The van der Waals surface area contributed by atoms with Crippen LogP contribution in [0.25, 0.3) is 10.8 Å². The number of carboxylic acid groups (broad SMARTS) is 1. The molecule has 1 N–H and O–H groups in total. The van der Waals surface area contributed by atoms with E-state index in [1.165, 1.54) is 0 Å². The average molecular weight is 323 g/mol. The molecular weight excluding hydrogens is 308 g/mol. The monoisotopic (exact) mass is 322 g/mol. The van der Waals surface area contributed by atoms with E-state index in [0.717, 1.165) is 33.8 Å². The first-order chi connectivity index (χ1) is 9.13. The minimum atomic E-state index is -0.915. The number of carboxylic acids is 1. The van der Waals surface area contributed by atoms with Crippen LogP contribution in [0, 0.1) is 0 Å². The zero-order chi connectivity index (χ0) is 13.8. The van der Waals surface area contributed by atoms with E-state index in [9.17, 15) is 4.79 Å². The van der Waals surface area contributed by atoms with Crippen molar-refractivity contribution < 1.29 is 14.6 Å². The number of aromatic carboxylic acids is 1. The third-order valence-electron chi connectivity index (χ3n) is 2.92. The zero-order valence-corrected chi connectivity index (χ0v) is 12.2. The SMILES string of the molecule is CCCCOc1ccc2cc(C(=O)O)ccc2c1Br. The van der Waals surface area contributed by atoms with Gasteiger partial charge in [0.05, 0.1) is 16.6 Å². The van der Waals surface area contributed by atoms with Crippen molar-refractivity contribution in [1.29, 1.82) is 0 Å². The van der Waals surface area contributed by atoms with Crippen LogP contribution in [-0.2, 0) is 0 Å². The van der Waals surface area contributed by atoms with Crippen molar-refractivity contribution in [1.82, 2.24) is 0 Å². The number of unbranched alkanes of at least 4 members (excludes halogenated alkanes) is 1. The summed E-state index contributed by atoms with van der Waals surface area (Å²) in [4.78, 5) is 10.9. The van der Waals surface area contributed by atoms with Crippen molar-refractivity contribution in [3.63, 3.8) is 0 Å². The van der Waals surface area contributed by atoms with Gasteiger partial charge < -0.3 is 9.84 Å². The van der Waals surface area contributed by atoms with Crippen LogP contribution in [0.2, 0.25) is 0 Å². The quantitative estimate of drug-likeness (QED) is 0.825. The fourth-order valence-corrected chi connectivity index (χ4v) is 2.45. The lowest BCUT2D eigenvalue weighted by Gasteiger charge is -2.10. The smallest absolute Gasteiger partial charge is 0.335 e. The van der Waals surface area contributed by atoms with Gasteiger partial charge in [0.1, 0.15) is 5.75 Å². The number of benzene rings is 2. The van der Waals surface area contributed by atoms with Gasteiger partial charge in [0.25, 0.3) is 0 Å². The summed E-state index contributed by atoms with van der Waals surface area (Å²) in [7, 11) is 0. The molecule has 100 valence electrons. The first kappa shape index (κ1) is 13.9. The molecule has 0 aliphatic rings. The van der Waals surface area contributed by atoms with Crippen LogP contribution in [-0.4, -0.2) is 17.7 Å². The van der Waals surface area contributed by atoms with Gasteiger partial charge in [-0.3, -0.25) is 0 Å². The van der Waals surface area contributed by atoms with Gasteiger partial charge in [-0.2, -0.15) is 0 Å². The first-order valence-electron chi connectivity index (χ1n) is 6.22. The molecule has 0 atom stereocenters. The Bertz CT molecular complexity index is 608. The molecule has 2 aromatic carbocycles. The Morgan fingerprint density at radius 3 is 2.79 bits per heavy atom. The summed E-state index contributed by atoms with van der Waals surface area (Å²) in [6.07, 6.45) is 2.11. The standard InChI is InChI=1S/C15H15BrO3/c1-2-3-8-19-13-7-5-10-9-11(15(17)18)4-6-12(10)14(13)16/h4-7,9H,2-3,8H2,1H3,(H,17,18). The Morgan fingerprint density at radius 2 is 2.11 bits per heavy atom. The Balaban J connectivity index is 2.36. The number of hydrogen-bond acceptors (Lipinski definition) is 2.